The zero-order valence-electron chi connectivity index (χ0n) is 14.4. The summed E-state index contributed by atoms with van der Waals surface area (Å²) in [7, 11) is 0. The minimum atomic E-state index is -0.615. The second kappa shape index (κ2) is 9.05. The monoisotopic (exact) mass is 378 g/mol. The molecule has 1 aliphatic rings. The van der Waals surface area contributed by atoms with Gasteiger partial charge in [0.05, 0.1) is 23.9 Å². The normalized spacial score (nSPS) is 16.9. The number of ether oxygens (including phenoxy) is 2. The molecule has 138 valence electrons. The van der Waals surface area contributed by atoms with Gasteiger partial charge in [0.1, 0.15) is 6.61 Å². The van der Waals surface area contributed by atoms with Crippen molar-refractivity contribution in [3.63, 3.8) is 0 Å². The second-order valence-electron chi connectivity index (χ2n) is 5.43. The Morgan fingerprint density at radius 3 is 2.58 bits per heavy atom. The molecule has 8 heteroatoms. The summed E-state index contributed by atoms with van der Waals surface area (Å²) in [4.78, 5) is 35.6. The highest BCUT2D eigenvalue weighted by atomic mass is 35.5. The van der Waals surface area contributed by atoms with Gasteiger partial charge in [0.15, 0.2) is 0 Å². The zero-order valence-corrected chi connectivity index (χ0v) is 15.1. The number of carbonyl (C=O) groups excluding carboxylic acids is 3. The molecule has 2 amide bonds. The minimum absolute atomic E-state index is 0.194. The summed E-state index contributed by atoms with van der Waals surface area (Å²) in [6.45, 7) is 3.27. The van der Waals surface area contributed by atoms with Crippen molar-refractivity contribution in [2.45, 2.75) is 19.9 Å². The summed E-state index contributed by atoms with van der Waals surface area (Å²) < 4.78 is 10.1. The van der Waals surface area contributed by atoms with Crippen LogP contribution in [0, 0.1) is 0 Å². The predicted molar refractivity (Wildman–Crippen MR) is 96.2 cm³/mol. The fraction of sp³-hybridized carbons (Fsp3) is 0.278. The van der Waals surface area contributed by atoms with Crippen molar-refractivity contribution in [2.24, 2.45) is 0 Å². The number of hydrogen-bond acceptors (Lipinski definition) is 5. The van der Waals surface area contributed by atoms with E-state index >= 15 is 0 Å². The molecule has 0 aromatic heterocycles. The lowest BCUT2D eigenvalue weighted by molar-refractivity contribution is -0.140. The number of halogens is 1. The third-order valence-electron chi connectivity index (χ3n) is 3.51. The molecule has 1 heterocycles. The first-order valence-electron chi connectivity index (χ1n) is 7.98. The summed E-state index contributed by atoms with van der Waals surface area (Å²) in [5.41, 5.74) is 1.20. The highest BCUT2D eigenvalue weighted by Crippen LogP contribution is 2.15. The molecule has 1 aromatic rings. The van der Waals surface area contributed by atoms with E-state index in [9.17, 15) is 14.4 Å². The molecule has 2 rings (SSSR count). The van der Waals surface area contributed by atoms with E-state index in [1.165, 1.54) is 6.08 Å². The smallest absolute Gasteiger partial charge is 0.338 e. The fourth-order valence-electron chi connectivity index (χ4n) is 2.32. The SMILES string of the molecule is CCOC(=O)C1=C(COC(=O)/C=C/c2ccc(Cl)cc2)NC(=O)N[C@@H]1C. The molecule has 7 nitrogen and oxygen atoms in total. The summed E-state index contributed by atoms with van der Waals surface area (Å²) in [5.74, 6) is -1.19. The highest BCUT2D eigenvalue weighted by molar-refractivity contribution is 6.30. The van der Waals surface area contributed by atoms with Crippen molar-refractivity contribution in [1.82, 2.24) is 10.6 Å². The average molecular weight is 379 g/mol. The summed E-state index contributed by atoms with van der Waals surface area (Å²) >= 11 is 5.80. The molecule has 0 radical (unpaired) electrons. The molecule has 0 unspecified atom stereocenters. The van der Waals surface area contributed by atoms with E-state index in [1.54, 1.807) is 44.2 Å². The average Bonchev–Trinajstić information content (AvgIpc) is 2.59. The minimum Gasteiger partial charge on any atom is -0.463 e. The van der Waals surface area contributed by atoms with Crippen LogP contribution >= 0.6 is 11.6 Å². The first kappa shape index (κ1) is 19.5. The molecule has 1 aliphatic heterocycles. The largest absolute Gasteiger partial charge is 0.463 e. The second-order valence-corrected chi connectivity index (χ2v) is 5.86. The summed E-state index contributed by atoms with van der Waals surface area (Å²) in [6, 6.07) is 5.88. The molecular formula is C18H19ClN2O5. The van der Waals surface area contributed by atoms with Gasteiger partial charge in [-0.2, -0.15) is 0 Å². The molecule has 1 atom stereocenters. The van der Waals surface area contributed by atoms with Crippen LogP contribution in [0.15, 0.2) is 41.6 Å². The Hall–Kier alpha value is -2.80. The van der Waals surface area contributed by atoms with Crippen LogP contribution in [0.1, 0.15) is 19.4 Å². The van der Waals surface area contributed by atoms with Crippen LogP contribution in [0.2, 0.25) is 5.02 Å². The van der Waals surface area contributed by atoms with Gasteiger partial charge >= 0.3 is 18.0 Å². The fourth-order valence-corrected chi connectivity index (χ4v) is 2.45. The van der Waals surface area contributed by atoms with E-state index in [2.05, 4.69) is 10.6 Å². The summed E-state index contributed by atoms with van der Waals surface area (Å²) in [6.07, 6.45) is 2.82. The first-order valence-corrected chi connectivity index (χ1v) is 8.36. The van der Waals surface area contributed by atoms with Crippen LogP contribution in [-0.4, -0.2) is 37.2 Å². The van der Waals surface area contributed by atoms with E-state index in [1.807, 2.05) is 0 Å². The maximum atomic E-state index is 12.1. The molecule has 0 saturated heterocycles. The molecule has 0 spiro atoms. The van der Waals surface area contributed by atoms with Gasteiger partial charge < -0.3 is 20.1 Å². The number of esters is 2. The van der Waals surface area contributed by atoms with Gasteiger partial charge in [-0.3, -0.25) is 0 Å². The summed E-state index contributed by atoms with van der Waals surface area (Å²) in [5, 5.41) is 5.64. The van der Waals surface area contributed by atoms with Crippen molar-refractivity contribution in [3.8, 4) is 0 Å². The third kappa shape index (κ3) is 5.35. The first-order chi connectivity index (χ1) is 12.4. The quantitative estimate of drug-likeness (QED) is 0.585. The molecular weight excluding hydrogens is 360 g/mol. The number of hydrogen-bond donors (Lipinski definition) is 2. The molecule has 0 bridgehead atoms. The van der Waals surface area contributed by atoms with Gasteiger partial charge in [-0.25, -0.2) is 14.4 Å². The van der Waals surface area contributed by atoms with Gasteiger partial charge in [-0.15, -0.1) is 0 Å². The van der Waals surface area contributed by atoms with E-state index in [-0.39, 0.29) is 24.5 Å². The lowest BCUT2D eigenvalue weighted by Crippen LogP contribution is -2.50. The van der Waals surface area contributed by atoms with Gasteiger partial charge in [-0.1, -0.05) is 23.7 Å². The number of nitrogens with one attached hydrogen (secondary N) is 2. The van der Waals surface area contributed by atoms with Crippen LogP contribution < -0.4 is 10.6 Å². The number of rotatable bonds is 6. The van der Waals surface area contributed by atoms with Crippen LogP contribution in [0.3, 0.4) is 0 Å². The van der Waals surface area contributed by atoms with Crippen LogP contribution in [0.25, 0.3) is 6.08 Å². The van der Waals surface area contributed by atoms with Crippen LogP contribution in [-0.2, 0) is 19.1 Å². The molecule has 26 heavy (non-hydrogen) atoms. The van der Waals surface area contributed by atoms with E-state index in [0.29, 0.717) is 5.02 Å². The maximum Gasteiger partial charge on any atom is 0.338 e. The van der Waals surface area contributed by atoms with Crippen molar-refractivity contribution in [1.29, 1.82) is 0 Å². The van der Waals surface area contributed by atoms with E-state index < -0.39 is 24.0 Å². The van der Waals surface area contributed by atoms with Gasteiger partial charge in [-0.05, 0) is 37.6 Å². The molecule has 2 N–H and O–H groups in total. The molecule has 1 aromatic carbocycles. The van der Waals surface area contributed by atoms with Crippen molar-refractivity contribution in [2.75, 3.05) is 13.2 Å². The predicted octanol–water partition coefficient (Wildman–Crippen LogP) is 2.41. The Morgan fingerprint density at radius 2 is 1.92 bits per heavy atom. The molecule has 0 fully saturated rings. The standard InChI is InChI=1S/C18H19ClN2O5/c1-3-25-17(23)16-11(2)20-18(24)21-14(16)10-26-15(22)9-6-12-4-7-13(19)8-5-12/h4-9,11H,3,10H2,1-2H3,(H2,20,21,24)/b9-6+/t11-/m1/s1. The Morgan fingerprint density at radius 1 is 1.23 bits per heavy atom. The van der Waals surface area contributed by atoms with Gasteiger partial charge in [0.2, 0.25) is 0 Å². The Balaban J connectivity index is 2.05. The Kier molecular flexibility index (Phi) is 6.80. The van der Waals surface area contributed by atoms with Gasteiger partial charge in [0.25, 0.3) is 0 Å². The Labute approximate surface area is 156 Å². The Bertz CT molecular complexity index is 755. The van der Waals surface area contributed by atoms with Gasteiger partial charge in [0, 0.05) is 11.1 Å². The van der Waals surface area contributed by atoms with Crippen molar-refractivity contribution < 1.29 is 23.9 Å². The van der Waals surface area contributed by atoms with E-state index in [4.69, 9.17) is 21.1 Å². The zero-order chi connectivity index (χ0) is 19.1. The lowest BCUT2D eigenvalue weighted by atomic mass is 10.0. The number of benzene rings is 1. The number of amides is 2. The van der Waals surface area contributed by atoms with Crippen LogP contribution in [0.5, 0.6) is 0 Å². The lowest BCUT2D eigenvalue weighted by Gasteiger charge is -2.26. The molecule has 0 saturated carbocycles. The highest BCUT2D eigenvalue weighted by Gasteiger charge is 2.30. The van der Waals surface area contributed by atoms with Crippen molar-refractivity contribution in [3.05, 3.63) is 52.2 Å². The van der Waals surface area contributed by atoms with Crippen LogP contribution in [0.4, 0.5) is 4.79 Å². The maximum absolute atomic E-state index is 12.1. The molecule has 0 aliphatic carbocycles. The number of carbonyl (C=O) groups is 3. The van der Waals surface area contributed by atoms with E-state index in [0.717, 1.165) is 5.56 Å². The number of urea groups is 1. The topological polar surface area (TPSA) is 93.7 Å². The third-order valence-corrected chi connectivity index (χ3v) is 3.76. The van der Waals surface area contributed by atoms with Crippen molar-refractivity contribution >= 4 is 35.6 Å².